The summed E-state index contributed by atoms with van der Waals surface area (Å²) >= 11 is 6.15. The van der Waals surface area contributed by atoms with Crippen LogP contribution in [-0.2, 0) is 0 Å². The van der Waals surface area contributed by atoms with Gasteiger partial charge in [0.05, 0.1) is 5.54 Å². The van der Waals surface area contributed by atoms with Crippen molar-refractivity contribution in [2.75, 3.05) is 13.1 Å². The van der Waals surface area contributed by atoms with Gasteiger partial charge in [-0.1, -0.05) is 36.6 Å². The molecule has 1 aromatic rings. The fourth-order valence-electron chi connectivity index (χ4n) is 2.86. The zero-order valence-electron chi connectivity index (χ0n) is 12.7. The summed E-state index contributed by atoms with van der Waals surface area (Å²) in [6.45, 7) is 8.05. The standard InChI is InChI=1S/C17H24ClNO/c1-13-8-9-14(12-15(13)18)16(20)17(2,3)19-10-6-4-5-7-11-19/h8-9,12H,4-7,10-11H2,1-3H3. The predicted molar refractivity (Wildman–Crippen MR) is 84.6 cm³/mol. The Morgan fingerprint density at radius 2 is 1.75 bits per heavy atom. The highest BCUT2D eigenvalue weighted by atomic mass is 35.5. The van der Waals surface area contributed by atoms with Crippen LogP contribution in [0, 0.1) is 6.92 Å². The number of rotatable bonds is 3. The van der Waals surface area contributed by atoms with Crippen LogP contribution < -0.4 is 0 Å². The lowest BCUT2D eigenvalue weighted by Crippen LogP contribution is -2.50. The minimum absolute atomic E-state index is 0.168. The van der Waals surface area contributed by atoms with Crippen LogP contribution in [0.1, 0.15) is 55.5 Å². The minimum atomic E-state index is -0.455. The summed E-state index contributed by atoms with van der Waals surface area (Å²) in [6.07, 6.45) is 4.92. The zero-order valence-corrected chi connectivity index (χ0v) is 13.5. The number of Topliss-reactive ketones (excluding diaryl/α,β-unsaturated/α-hetero) is 1. The molecule has 0 N–H and O–H groups in total. The number of ketones is 1. The van der Waals surface area contributed by atoms with Crippen molar-refractivity contribution in [1.29, 1.82) is 0 Å². The first-order valence-corrected chi connectivity index (χ1v) is 7.87. The molecule has 1 aliphatic rings. The Bertz CT molecular complexity index is 488. The lowest BCUT2D eigenvalue weighted by atomic mass is 9.90. The zero-order chi connectivity index (χ0) is 14.8. The molecule has 1 fully saturated rings. The van der Waals surface area contributed by atoms with Gasteiger partial charge in [0.1, 0.15) is 0 Å². The Hall–Kier alpha value is -0.860. The second-order valence-corrected chi connectivity index (χ2v) is 6.66. The highest BCUT2D eigenvalue weighted by Crippen LogP contribution is 2.26. The van der Waals surface area contributed by atoms with E-state index in [1.54, 1.807) is 6.07 Å². The van der Waals surface area contributed by atoms with E-state index in [9.17, 15) is 4.79 Å². The molecule has 0 amide bonds. The summed E-state index contributed by atoms with van der Waals surface area (Å²) < 4.78 is 0. The average molecular weight is 294 g/mol. The first kappa shape index (κ1) is 15.5. The minimum Gasteiger partial charge on any atom is -0.292 e. The molecule has 0 radical (unpaired) electrons. The topological polar surface area (TPSA) is 20.3 Å². The van der Waals surface area contributed by atoms with Gasteiger partial charge in [0.2, 0.25) is 0 Å². The van der Waals surface area contributed by atoms with Gasteiger partial charge in [0.15, 0.2) is 5.78 Å². The van der Waals surface area contributed by atoms with Gasteiger partial charge in [-0.15, -0.1) is 0 Å². The van der Waals surface area contributed by atoms with Crippen molar-refractivity contribution in [2.24, 2.45) is 0 Å². The molecule has 0 aliphatic carbocycles. The summed E-state index contributed by atoms with van der Waals surface area (Å²) in [5.74, 6) is 0.168. The molecule has 20 heavy (non-hydrogen) atoms. The van der Waals surface area contributed by atoms with Crippen molar-refractivity contribution < 1.29 is 4.79 Å². The maximum Gasteiger partial charge on any atom is 0.182 e. The number of likely N-dealkylation sites (tertiary alicyclic amines) is 1. The molecule has 1 saturated heterocycles. The summed E-state index contributed by atoms with van der Waals surface area (Å²) in [4.78, 5) is 15.2. The molecule has 0 atom stereocenters. The molecule has 1 aromatic carbocycles. The highest BCUT2D eigenvalue weighted by molar-refractivity contribution is 6.31. The molecule has 0 bridgehead atoms. The van der Waals surface area contributed by atoms with Crippen LogP contribution in [0.5, 0.6) is 0 Å². The van der Waals surface area contributed by atoms with Crippen molar-refractivity contribution in [1.82, 2.24) is 4.90 Å². The van der Waals surface area contributed by atoms with Gasteiger partial charge in [-0.25, -0.2) is 0 Å². The van der Waals surface area contributed by atoms with Crippen LogP contribution >= 0.6 is 11.6 Å². The molecule has 1 aliphatic heterocycles. The molecule has 2 rings (SSSR count). The maximum absolute atomic E-state index is 12.8. The molecule has 110 valence electrons. The Morgan fingerprint density at radius 1 is 1.15 bits per heavy atom. The molecule has 2 nitrogen and oxygen atoms in total. The van der Waals surface area contributed by atoms with Gasteiger partial charge in [0.25, 0.3) is 0 Å². The SMILES string of the molecule is Cc1ccc(C(=O)C(C)(C)N2CCCCCC2)cc1Cl. The van der Waals surface area contributed by atoms with Crippen LogP contribution in [-0.4, -0.2) is 29.3 Å². The number of benzene rings is 1. The number of nitrogens with zero attached hydrogens (tertiary/aromatic N) is 1. The van der Waals surface area contributed by atoms with Crippen molar-refractivity contribution in [3.8, 4) is 0 Å². The number of halogens is 1. The smallest absolute Gasteiger partial charge is 0.182 e. The monoisotopic (exact) mass is 293 g/mol. The van der Waals surface area contributed by atoms with Crippen molar-refractivity contribution in [2.45, 2.75) is 52.0 Å². The fraction of sp³-hybridized carbons (Fsp3) is 0.588. The highest BCUT2D eigenvalue weighted by Gasteiger charge is 2.35. The Balaban J connectivity index is 2.22. The maximum atomic E-state index is 12.8. The summed E-state index contributed by atoms with van der Waals surface area (Å²) in [5.41, 5.74) is 1.27. The van der Waals surface area contributed by atoms with E-state index < -0.39 is 5.54 Å². The van der Waals surface area contributed by atoms with E-state index in [0.29, 0.717) is 5.02 Å². The van der Waals surface area contributed by atoms with Gasteiger partial charge in [-0.3, -0.25) is 9.69 Å². The van der Waals surface area contributed by atoms with Gasteiger partial charge in [-0.2, -0.15) is 0 Å². The summed E-state index contributed by atoms with van der Waals surface area (Å²) in [5, 5.41) is 0.669. The number of aryl methyl sites for hydroxylation is 1. The third kappa shape index (κ3) is 3.24. The second-order valence-electron chi connectivity index (χ2n) is 6.25. The lowest BCUT2D eigenvalue weighted by Gasteiger charge is -2.36. The molecule has 0 saturated carbocycles. The first-order chi connectivity index (χ1) is 9.43. The Labute approximate surface area is 127 Å². The third-order valence-corrected chi connectivity index (χ3v) is 4.79. The van der Waals surface area contributed by atoms with E-state index in [-0.39, 0.29) is 5.78 Å². The van der Waals surface area contributed by atoms with Crippen LogP contribution in [0.3, 0.4) is 0 Å². The molecule has 1 heterocycles. The largest absolute Gasteiger partial charge is 0.292 e. The average Bonchev–Trinajstić information content (AvgIpc) is 2.70. The predicted octanol–water partition coefficient (Wildman–Crippen LogP) is 4.49. The molecule has 0 aromatic heterocycles. The first-order valence-electron chi connectivity index (χ1n) is 7.49. The molecule has 0 unspecified atom stereocenters. The van der Waals surface area contributed by atoms with Crippen molar-refractivity contribution >= 4 is 17.4 Å². The van der Waals surface area contributed by atoms with Gasteiger partial charge < -0.3 is 0 Å². The van der Waals surface area contributed by atoms with Crippen LogP contribution in [0.2, 0.25) is 5.02 Å². The molecular formula is C17H24ClNO. The Morgan fingerprint density at radius 3 is 2.30 bits per heavy atom. The van der Waals surface area contributed by atoms with E-state index in [1.165, 1.54) is 25.7 Å². The number of carbonyl (C=O) groups excluding carboxylic acids is 1. The van der Waals surface area contributed by atoms with Crippen LogP contribution in [0.4, 0.5) is 0 Å². The summed E-state index contributed by atoms with van der Waals surface area (Å²) in [6, 6.07) is 5.62. The molecular weight excluding hydrogens is 270 g/mol. The summed E-state index contributed by atoms with van der Waals surface area (Å²) in [7, 11) is 0. The van der Waals surface area contributed by atoms with Crippen molar-refractivity contribution in [3.05, 3.63) is 34.3 Å². The normalized spacial score (nSPS) is 17.8. The van der Waals surface area contributed by atoms with E-state index in [1.807, 2.05) is 32.9 Å². The Kier molecular flexibility index (Phi) is 4.87. The number of hydrogen-bond donors (Lipinski definition) is 0. The van der Waals surface area contributed by atoms with E-state index >= 15 is 0 Å². The van der Waals surface area contributed by atoms with Crippen molar-refractivity contribution in [3.63, 3.8) is 0 Å². The molecule has 0 spiro atoms. The number of hydrogen-bond acceptors (Lipinski definition) is 2. The number of carbonyl (C=O) groups is 1. The fourth-order valence-corrected chi connectivity index (χ4v) is 3.04. The van der Waals surface area contributed by atoms with E-state index in [2.05, 4.69) is 4.90 Å². The second kappa shape index (κ2) is 6.28. The quantitative estimate of drug-likeness (QED) is 0.766. The molecule has 3 heteroatoms. The van der Waals surface area contributed by atoms with Gasteiger partial charge in [-0.05, 0) is 58.3 Å². The van der Waals surface area contributed by atoms with Crippen LogP contribution in [0.15, 0.2) is 18.2 Å². The van der Waals surface area contributed by atoms with E-state index in [4.69, 9.17) is 11.6 Å². The van der Waals surface area contributed by atoms with E-state index in [0.717, 1.165) is 24.2 Å². The lowest BCUT2D eigenvalue weighted by molar-refractivity contribution is 0.0649. The third-order valence-electron chi connectivity index (χ3n) is 4.39. The van der Waals surface area contributed by atoms with Gasteiger partial charge in [0, 0.05) is 10.6 Å². The van der Waals surface area contributed by atoms with Gasteiger partial charge >= 0.3 is 0 Å². The van der Waals surface area contributed by atoms with Crippen LogP contribution in [0.25, 0.3) is 0 Å².